The normalized spacial score (nSPS) is 20.7. The van der Waals surface area contributed by atoms with Crippen molar-refractivity contribution in [2.75, 3.05) is 36.5 Å². The highest BCUT2D eigenvalue weighted by Gasteiger charge is 2.36. The first-order valence-electron chi connectivity index (χ1n) is 10.9. The fourth-order valence-corrected chi connectivity index (χ4v) is 4.79. The summed E-state index contributed by atoms with van der Waals surface area (Å²) in [6.45, 7) is 6.12. The number of fused-ring (bicyclic) bond motifs is 1. The summed E-state index contributed by atoms with van der Waals surface area (Å²) < 4.78 is 59.3. The average molecular weight is 465 g/mol. The summed E-state index contributed by atoms with van der Waals surface area (Å²) in [7, 11) is 1.61. The second kappa shape index (κ2) is 8.85. The maximum Gasteiger partial charge on any atom is 0.419 e. The number of nitrogens with one attached hydrogen (secondary N) is 1. The molecular weight excluding hydrogens is 438 g/mol. The van der Waals surface area contributed by atoms with E-state index in [2.05, 4.69) is 24.1 Å². The summed E-state index contributed by atoms with van der Waals surface area (Å²) in [6.07, 6.45) is -4.66. The first kappa shape index (κ1) is 23.4. The fourth-order valence-electron chi connectivity index (χ4n) is 4.79. The lowest BCUT2D eigenvalue weighted by Crippen LogP contribution is -2.54. The van der Waals surface area contributed by atoms with Crippen molar-refractivity contribution in [2.24, 2.45) is 0 Å². The molecule has 1 amide bonds. The molecule has 2 atom stereocenters. The molecule has 1 saturated heterocycles. The molecule has 0 spiro atoms. The van der Waals surface area contributed by atoms with E-state index in [4.69, 9.17) is 4.74 Å². The van der Waals surface area contributed by atoms with Crippen LogP contribution in [0.2, 0.25) is 0 Å². The molecule has 2 aliphatic rings. The molecule has 0 aromatic heterocycles. The Bertz CT molecular complexity index is 1050. The van der Waals surface area contributed by atoms with Gasteiger partial charge in [-0.15, -0.1) is 0 Å². The number of hydrogen-bond acceptors (Lipinski definition) is 4. The summed E-state index contributed by atoms with van der Waals surface area (Å²) in [5, 5.41) is 3.48. The van der Waals surface area contributed by atoms with Crippen LogP contribution in [0.4, 0.5) is 28.9 Å². The van der Waals surface area contributed by atoms with Crippen molar-refractivity contribution >= 4 is 17.3 Å². The number of alkyl halides is 3. The summed E-state index contributed by atoms with van der Waals surface area (Å²) in [6, 6.07) is 7.40. The molecule has 2 aromatic rings. The third-order valence-corrected chi connectivity index (χ3v) is 6.20. The Kier molecular flexibility index (Phi) is 6.26. The van der Waals surface area contributed by atoms with E-state index < -0.39 is 29.9 Å². The summed E-state index contributed by atoms with van der Waals surface area (Å²) in [5.74, 6) is -1.12. The van der Waals surface area contributed by atoms with Crippen LogP contribution in [0.15, 0.2) is 30.3 Å². The van der Waals surface area contributed by atoms with Crippen molar-refractivity contribution in [3.05, 3.63) is 52.8 Å². The number of carbonyl (C=O) groups excluding carboxylic acids is 1. The van der Waals surface area contributed by atoms with Crippen LogP contribution in [0.5, 0.6) is 5.75 Å². The lowest BCUT2D eigenvalue weighted by atomic mass is 10.1. The maximum atomic E-state index is 14.5. The first-order chi connectivity index (χ1) is 15.6. The fraction of sp³-hybridized carbons (Fsp3) is 0.458. The van der Waals surface area contributed by atoms with Gasteiger partial charge in [0.05, 0.1) is 24.8 Å². The van der Waals surface area contributed by atoms with Gasteiger partial charge >= 0.3 is 6.18 Å². The monoisotopic (exact) mass is 465 g/mol. The molecule has 1 fully saturated rings. The van der Waals surface area contributed by atoms with Crippen molar-refractivity contribution in [2.45, 2.75) is 44.9 Å². The SMILES string of the molecule is COc1cc2c(cc1N1CC(C)NC(C)C1)N(C(=O)Cc1cccc(C(F)(F)F)c1F)CC2. The van der Waals surface area contributed by atoms with Crippen LogP contribution in [0.1, 0.15) is 30.5 Å². The molecule has 5 nitrogen and oxygen atoms in total. The zero-order chi connectivity index (χ0) is 23.9. The van der Waals surface area contributed by atoms with Crippen LogP contribution < -0.4 is 19.9 Å². The number of methoxy groups -OCH3 is 1. The predicted octanol–water partition coefficient (Wildman–Crippen LogP) is 4.17. The minimum Gasteiger partial charge on any atom is -0.495 e. The molecule has 1 N–H and O–H groups in total. The third-order valence-electron chi connectivity index (χ3n) is 6.20. The van der Waals surface area contributed by atoms with Crippen LogP contribution >= 0.6 is 0 Å². The van der Waals surface area contributed by atoms with Gasteiger partial charge in [-0.2, -0.15) is 13.2 Å². The number of piperazine rings is 1. The van der Waals surface area contributed by atoms with Crippen molar-refractivity contribution < 1.29 is 27.1 Å². The van der Waals surface area contributed by atoms with Crippen molar-refractivity contribution in [3.8, 4) is 5.75 Å². The van der Waals surface area contributed by atoms with E-state index >= 15 is 0 Å². The predicted molar refractivity (Wildman–Crippen MR) is 118 cm³/mol. The number of amides is 1. The van der Waals surface area contributed by atoms with E-state index in [-0.39, 0.29) is 17.6 Å². The summed E-state index contributed by atoms with van der Waals surface area (Å²) in [5.41, 5.74) is 0.860. The molecular formula is C24H27F4N3O2. The topological polar surface area (TPSA) is 44.8 Å². The van der Waals surface area contributed by atoms with E-state index in [9.17, 15) is 22.4 Å². The lowest BCUT2D eigenvalue weighted by molar-refractivity contribution is -0.140. The number of rotatable bonds is 4. The van der Waals surface area contributed by atoms with Crippen LogP contribution in [0, 0.1) is 5.82 Å². The summed E-state index contributed by atoms with van der Waals surface area (Å²) >= 11 is 0. The highest BCUT2D eigenvalue weighted by atomic mass is 19.4. The largest absolute Gasteiger partial charge is 0.495 e. The Morgan fingerprint density at radius 1 is 1.15 bits per heavy atom. The Morgan fingerprint density at radius 3 is 2.48 bits per heavy atom. The number of hydrogen-bond donors (Lipinski definition) is 1. The van der Waals surface area contributed by atoms with Gasteiger partial charge in [0, 0.05) is 37.4 Å². The molecule has 0 saturated carbocycles. The lowest BCUT2D eigenvalue weighted by Gasteiger charge is -2.38. The number of benzene rings is 2. The molecule has 9 heteroatoms. The number of anilines is 2. The molecule has 2 heterocycles. The molecule has 2 aliphatic heterocycles. The minimum atomic E-state index is -4.81. The highest BCUT2D eigenvalue weighted by Crippen LogP contribution is 2.40. The van der Waals surface area contributed by atoms with Crippen molar-refractivity contribution in [1.29, 1.82) is 0 Å². The first-order valence-corrected chi connectivity index (χ1v) is 10.9. The van der Waals surface area contributed by atoms with Gasteiger partial charge < -0.3 is 19.9 Å². The van der Waals surface area contributed by atoms with E-state index in [1.807, 2.05) is 12.1 Å². The number of halogens is 4. The van der Waals surface area contributed by atoms with Crippen LogP contribution in [0.25, 0.3) is 0 Å². The Labute approximate surface area is 190 Å². The van der Waals surface area contributed by atoms with Gasteiger partial charge in [0.25, 0.3) is 0 Å². The number of carbonyl (C=O) groups is 1. The molecule has 178 valence electrons. The average Bonchev–Trinajstić information content (AvgIpc) is 3.15. The van der Waals surface area contributed by atoms with E-state index in [1.54, 1.807) is 7.11 Å². The zero-order valence-corrected chi connectivity index (χ0v) is 18.8. The number of nitrogens with zero attached hydrogens (tertiary/aromatic N) is 2. The van der Waals surface area contributed by atoms with Gasteiger partial charge in [0.15, 0.2) is 0 Å². The van der Waals surface area contributed by atoms with Crippen molar-refractivity contribution in [1.82, 2.24) is 5.32 Å². The number of ether oxygens (including phenoxy) is 1. The zero-order valence-electron chi connectivity index (χ0n) is 18.8. The second-order valence-electron chi connectivity index (χ2n) is 8.78. The van der Waals surface area contributed by atoms with E-state index in [1.165, 1.54) is 11.0 Å². The van der Waals surface area contributed by atoms with Gasteiger partial charge in [-0.3, -0.25) is 4.79 Å². The molecule has 4 rings (SSSR count). The summed E-state index contributed by atoms with van der Waals surface area (Å²) in [4.78, 5) is 16.8. The van der Waals surface area contributed by atoms with Gasteiger partial charge in [0.2, 0.25) is 5.91 Å². The van der Waals surface area contributed by atoms with Gasteiger partial charge in [-0.05, 0) is 49.6 Å². The van der Waals surface area contributed by atoms with Gasteiger partial charge in [-0.25, -0.2) is 4.39 Å². The smallest absolute Gasteiger partial charge is 0.419 e. The molecule has 2 aromatic carbocycles. The quantitative estimate of drug-likeness (QED) is 0.689. The van der Waals surface area contributed by atoms with Crippen molar-refractivity contribution in [3.63, 3.8) is 0 Å². The molecule has 33 heavy (non-hydrogen) atoms. The molecule has 0 radical (unpaired) electrons. The Balaban J connectivity index is 1.62. The second-order valence-corrected chi connectivity index (χ2v) is 8.78. The molecule has 0 aliphatic carbocycles. The van der Waals surface area contributed by atoms with Gasteiger partial charge in [0.1, 0.15) is 11.6 Å². The van der Waals surface area contributed by atoms with Crippen LogP contribution in [-0.2, 0) is 23.8 Å². The standard InChI is InChI=1S/C24H27F4N3O2/c1-14-12-30(13-15(2)29-14)20-11-19-16(9-21(20)33-3)7-8-31(19)22(32)10-17-5-4-6-18(23(17)25)24(26,27)28/h4-6,9,11,14-15,29H,7-8,10,12-13H2,1-3H3. The van der Waals surface area contributed by atoms with Gasteiger partial charge in [-0.1, -0.05) is 12.1 Å². The van der Waals surface area contributed by atoms with E-state index in [0.29, 0.717) is 30.5 Å². The van der Waals surface area contributed by atoms with Crippen LogP contribution in [-0.4, -0.2) is 44.7 Å². The Morgan fingerprint density at radius 2 is 1.85 bits per heavy atom. The highest BCUT2D eigenvalue weighted by molar-refractivity contribution is 5.97. The molecule has 2 unspecified atom stereocenters. The maximum absolute atomic E-state index is 14.5. The van der Waals surface area contributed by atoms with E-state index in [0.717, 1.165) is 30.4 Å². The third kappa shape index (κ3) is 4.64. The Hall–Kier alpha value is -2.81. The minimum absolute atomic E-state index is 0.262. The van der Waals surface area contributed by atoms with Crippen LogP contribution in [0.3, 0.4) is 0 Å². The molecule has 0 bridgehead atoms.